The zero-order chi connectivity index (χ0) is 22.8. The third-order valence-electron chi connectivity index (χ3n) is 7.33. The Morgan fingerprint density at radius 3 is 2.85 bits per heavy atom. The van der Waals surface area contributed by atoms with Gasteiger partial charge in [-0.15, -0.1) is 0 Å². The number of hydrogen-bond donors (Lipinski definition) is 2. The van der Waals surface area contributed by atoms with Crippen LogP contribution < -0.4 is 20.1 Å². The van der Waals surface area contributed by atoms with Crippen molar-refractivity contribution in [2.24, 2.45) is 5.92 Å². The average molecular weight is 457 g/mol. The minimum atomic E-state index is -0.666. The number of carbonyl (C=O) groups is 3. The van der Waals surface area contributed by atoms with Crippen molar-refractivity contribution in [3.8, 4) is 11.5 Å². The number of imide groups is 1. The summed E-state index contributed by atoms with van der Waals surface area (Å²) in [7, 11) is 0. The molecule has 33 heavy (non-hydrogen) atoms. The molecule has 3 atom stereocenters. The molecule has 4 aliphatic rings. The molecule has 1 aromatic carbocycles. The fourth-order valence-corrected chi connectivity index (χ4v) is 5.57. The molecular weight excluding hydrogens is 424 g/mol. The van der Waals surface area contributed by atoms with Crippen LogP contribution in [-0.4, -0.2) is 66.2 Å². The summed E-state index contributed by atoms with van der Waals surface area (Å²) in [5.41, 5.74) is 0.783. The molecule has 0 bridgehead atoms. The number of rotatable bonds is 7. The van der Waals surface area contributed by atoms with Gasteiger partial charge in [0.2, 0.25) is 12.7 Å². The summed E-state index contributed by atoms with van der Waals surface area (Å²) in [5, 5.41) is 5.80. The second-order valence-corrected chi connectivity index (χ2v) is 9.46. The standard InChI is InChI=1S/C24H32N4O5/c29-22(25-13-17-4-3-11-27-10-2-1-5-19(17)27)9-7-18-23(30)28(24(31)26-18)14-16-6-8-20-21(12-16)33-15-32-20/h6,8,12,17-19H,1-5,7,9-11,13-15H2,(H,25,29)(H,26,31). The molecular formula is C24H32N4O5. The topological polar surface area (TPSA) is 100 Å². The summed E-state index contributed by atoms with van der Waals surface area (Å²) in [6.45, 7) is 3.39. The monoisotopic (exact) mass is 456 g/mol. The van der Waals surface area contributed by atoms with Crippen LogP contribution in [0.15, 0.2) is 18.2 Å². The normalized spacial score (nSPS) is 26.8. The molecule has 3 fully saturated rings. The number of amides is 4. The minimum absolute atomic E-state index is 0.0563. The number of nitrogens with zero attached hydrogens (tertiary/aromatic N) is 2. The van der Waals surface area contributed by atoms with Crippen LogP contribution in [0.5, 0.6) is 11.5 Å². The van der Waals surface area contributed by atoms with Gasteiger partial charge in [0.15, 0.2) is 11.5 Å². The smallest absolute Gasteiger partial charge is 0.325 e. The molecule has 4 aliphatic heterocycles. The molecule has 1 aromatic rings. The molecule has 0 radical (unpaired) electrons. The van der Waals surface area contributed by atoms with Crippen molar-refractivity contribution < 1.29 is 23.9 Å². The van der Waals surface area contributed by atoms with Gasteiger partial charge in [-0.3, -0.25) is 14.5 Å². The average Bonchev–Trinajstić information content (AvgIpc) is 3.40. The van der Waals surface area contributed by atoms with E-state index in [9.17, 15) is 14.4 Å². The van der Waals surface area contributed by atoms with Gasteiger partial charge in [0.25, 0.3) is 5.91 Å². The number of piperidine rings is 2. The molecule has 4 amide bonds. The van der Waals surface area contributed by atoms with E-state index in [1.165, 1.54) is 43.7 Å². The van der Waals surface area contributed by atoms with Crippen molar-refractivity contribution in [1.29, 1.82) is 0 Å². The summed E-state index contributed by atoms with van der Waals surface area (Å²) in [4.78, 5) is 41.4. The molecule has 9 heteroatoms. The van der Waals surface area contributed by atoms with E-state index in [4.69, 9.17) is 9.47 Å². The molecule has 0 spiro atoms. The van der Waals surface area contributed by atoms with E-state index in [1.54, 1.807) is 12.1 Å². The SMILES string of the molecule is O=C(CCC1NC(=O)N(Cc2ccc3c(c2)OCO3)C1=O)NCC1CCCN2CCCCC12. The molecule has 9 nitrogen and oxygen atoms in total. The predicted octanol–water partition coefficient (Wildman–Crippen LogP) is 2.00. The van der Waals surface area contributed by atoms with Crippen LogP contribution in [0.4, 0.5) is 4.79 Å². The number of urea groups is 1. The zero-order valence-electron chi connectivity index (χ0n) is 18.9. The third-order valence-corrected chi connectivity index (χ3v) is 7.33. The van der Waals surface area contributed by atoms with Gasteiger partial charge < -0.3 is 25.0 Å². The fraction of sp³-hybridized carbons (Fsp3) is 0.625. The molecule has 0 aliphatic carbocycles. The van der Waals surface area contributed by atoms with Crippen molar-refractivity contribution in [3.63, 3.8) is 0 Å². The highest BCUT2D eigenvalue weighted by Gasteiger charge is 2.38. The van der Waals surface area contributed by atoms with E-state index < -0.39 is 12.1 Å². The Morgan fingerprint density at radius 1 is 1.09 bits per heavy atom. The van der Waals surface area contributed by atoms with Crippen LogP contribution in [0.2, 0.25) is 0 Å². The Kier molecular flexibility index (Phi) is 6.39. The molecule has 4 heterocycles. The Labute approximate surface area is 193 Å². The number of fused-ring (bicyclic) bond motifs is 2. The van der Waals surface area contributed by atoms with Crippen LogP contribution >= 0.6 is 0 Å². The second kappa shape index (κ2) is 9.59. The van der Waals surface area contributed by atoms with Crippen molar-refractivity contribution in [3.05, 3.63) is 23.8 Å². The predicted molar refractivity (Wildman–Crippen MR) is 120 cm³/mol. The van der Waals surface area contributed by atoms with E-state index in [0.29, 0.717) is 36.4 Å². The van der Waals surface area contributed by atoms with Gasteiger partial charge in [0, 0.05) is 19.0 Å². The summed E-state index contributed by atoms with van der Waals surface area (Å²) in [6, 6.07) is 4.86. The van der Waals surface area contributed by atoms with Gasteiger partial charge in [-0.1, -0.05) is 12.5 Å². The lowest BCUT2D eigenvalue weighted by molar-refractivity contribution is -0.128. The molecule has 178 valence electrons. The van der Waals surface area contributed by atoms with Gasteiger partial charge in [0.1, 0.15) is 6.04 Å². The van der Waals surface area contributed by atoms with E-state index >= 15 is 0 Å². The van der Waals surface area contributed by atoms with Gasteiger partial charge in [0.05, 0.1) is 6.54 Å². The largest absolute Gasteiger partial charge is 0.454 e. The third kappa shape index (κ3) is 4.78. The second-order valence-electron chi connectivity index (χ2n) is 9.46. The lowest BCUT2D eigenvalue weighted by atomic mass is 9.83. The first kappa shape index (κ1) is 22.0. The van der Waals surface area contributed by atoms with Crippen molar-refractivity contribution in [2.75, 3.05) is 26.4 Å². The number of hydrogen-bond acceptors (Lipinski definition) is 6. The Bertz CT molecular complexity index is 920. The molecule has 0 saturated carbocycles. The van der Waals surface area contributed by atoms with Crippen molar-refractivity contribution in [1.82, 2.24) is 20.4 Å². The molecule has 5 rings (SSSR count). The first-order valence-corrected chi connectivity index (χ1v) is 12.1. The van der Waals surface area contributed by atoms with E-state index in [2.05, 4.69) is 15.5 Å². The van der Waals surface area contributed by atoms with E-state index in [0.717, 1.165) is 12.0 Å². The minimum Gasteiger partial charge on any atom is -0.454 e. The Balaban J connectivity index is 1.09. The lowest BCUT2D eigenvalue weighted by Gasteiger charge is -2.44. The maximum atomic E-state index is 12.8. The van der Waals surface area contributed by atoms with Crippen LogP contribution in [0.25, 0.3) is 0 Å². The summed E-state index contributed by atoms with van der Waals surface area (Å²) in [6.07, 6.45) is 6.65. The summed E-state index contributed by atoms with van der Waals surface area (Å²) in [5.74, 6) is 1.43. The molecule has 2 N–H and O–H groups in total. The molecule has 3 saturated heterocycles. The van der Waals surface area contributed by atoms with Gasteiger partial charge in [-0.25, -0.2) is 4.79 Å². The number of benzene rings is 1. The maximum absolute atomic E-state index is 12.8. The van der Waals surface area contributed by atoms with Gasteiger partial charge >= 0.3 is 6.03 Å². The highest BCUT2D eigenvalue weighted by Crippen LogP contribution is 2.33. The maximum Gasteiger partial charge on any atom is 0.325 e. The number of nitrogens with one attached hydrogen (secondary N) is 2. The van der Waals surface area contributed by atoms with Crippen LogP contribution in [0, 0.1) is 5.92 Å². The Morgan fingerprint density at radius 2 is 1.94 bits per heavy atom. The van der Waals surface area contributed by atoms with Crippen molar-refractivity contribution >= 4 is 17.8 Å². The first-order valence-electron chi connectivity index (χ1n) is 12.1. The zero-order valence-corrected chi connectivity index (χ0v) is 18.9. The van der Waals surface area contributed by atoms with Crippen molar-refractivity contribution in [2.45, 2.75) is 63.6 Å². The van der Waals surface area contributed by atoms with E-state index in [1.807, 2.05) is 6.07 Å². The van der Waals surface area contributed by atoms with Crippen LogP contribution in [0.3, 0.4) is 0 Å². The highest BCUT2D eigenvalue weighted by atomic mass is 16.7. The Hall–Kier alpha value is -2.81. The number of ether oxygens (including phenoxy) is 2. The summed E-state index contributed by atoms with van der Waals surface area (Å²) < 4.78 is 10.7. The van der Waals surface area contributed by atoms with Gasteiger partial charge in [-0.05, 0) is 68.8 Å². The summed E-state index contributed by atoms with van der Waals surface area (Å²) >= 11 is 0. The lowest BCUT2D eigenvalue weighted by Crippen LogP contribution is -2.51. The van der Waals surface area contributed by atoms with Crippen LogP contribution in [0.1, 0.15) is 50.5 Å². The van der Waals surface area contributed by atoms with Gasteiger partial charge in [-0.2, -0.15) is 0 Å². The quantitative estimate of drug-likeness (QED) is 0.609. The number of carbonyl (C=O) groups excluding carboxylic acids is 3. The fourth-order valence-electron chi connectivity index (χ4n) is 5.57. The first-order chi connectivity index (χ1) is 16.1. The van der Waals surface area contributed by atoms with Crippen LogP contribution in [-0.2, 0) is 16.1 Å². The highest BCUT2D eigenvalue weighted by molar-refractivity contribution is 6.04. The van der Waals surface area contributed by atoms with E-state index in [-0.39, 0.29) is 31.6 Å². The molecule has 0 aromatic heterocycles. The molecule has 3 unspecified atom stereocenters.